The second kappa shape index (κ2) is 7.77. The second-order valence-electron chi connectivity index (χ2n) is 4.36. The fraction of sp³-hybridized carbons (Fsp3) is 0.267. The van der Waals surface area contributed by atoms with Crippen molar-refractivity contribution in [3.8, 4) is 5.88 Å². The normalized spacial score (nSPS) is 10.1. The molecule has 3 aromatic rings. The minimum absolute atomic E-state index is 0.497. The highest BCUT2D eigenvalue weighted by Gasteiger charge is 2.11. The zero-order valence-corrected chi connectivity index (χ0v) is 14.8. The average Bonchev–Trinajstić information content (AvgIpc) is 2.96. The third kappa shape index (κ3) is 3.89. The number of halogens is 1. The third-order valence-electron chi connectivity index (χ3n) is 2.94. The van der Waals surface area contributed by atoms with Crippen LogP contribution in [0.3, 0.4) is 0 Å². The van der Waals surface area contributed by atoms with Crippen molar-refractivity contribution < 1.29 is 14.7 Å². The number of nitrogens with zero attached hydrogens (tertiary/aromatic N) is 4. The van der Waals surface area contributed by atoms with E-state index >= 15 is 0 Å². The summed E-state index contributed by atoms with van der Waals surface area (Å²) < 4.78 is 8.69. The molecule has 0 aliphatic rings. The van der Waals surface area contributed by atoms with Crippen LogP contribution in [0.25, 0.3) is 5.65 Å². The Kier molecular flexibility index (Phi) is 5.75. The topological polar surface area (TPSA) is 75.6 Å². The molecule has 3 heterocycles. The van der Waals surface area contributed by atoms with Gasteiger partial charge in [0.15, 0.2) is 5.65 Å². The average molecular weight is 381 g/mol. The minimum Gasteiger partial charge on any atom is -0.481 e. The number of anilines is 1. The Hall–Kier alpha value is -2.35. The van der Waals surface area contributed by atoms with Gasteiger partial charge in [0, 0.05) is 29.0 Å². The minimum atomic E-state index is 0.497. The number of fused-ring (bicyclic) bond motifs is 1. The largest absolute Gasteiger partial charge is 0.481 e. The first kappa shape index (κ1) is 17.0. The molecule has 7 nitrogen and oxygen atoms in total. The van der Waals surface area contributed by atoms with Gasteiger partial charge in [0.2, 0.25) is 18.3 Å². The molecule has 122 valence electrons. The molecule has 0 saturated carbocycles. The summed E-state index contributed by atoms with van der Waals surface area (Å²) in [5, 5.41) is 16.9. The lowest BCUT2D eigenvalue weighted by Crippen LogP contribution is -2.29. The molecule has 3 aromatic heterocycles. The zero-order chi connectivity index (χ0) is 16.8. The van der Waals surface area contributed by atoms with E-state index in [-0.39, 0.29) is 0 Å². The van der Waals surface area contributed by atoms with E-state index in [2.05, 4.69) is 31.3 Å². The van der Waals surface area contributed by atoms with E-state index in [9.17, 15) is 5.21 Å². The number of hydrogen-bond acceptors (Lipinski definition) is 5. The van der Waals surface area contributed by atoms with Gasteiger partial charge in [-0.05, 0) is 22.0 Å². The summed E-state index contributed by atoms with van der Waals surface area (Å²) in [6.07, 6.45) is 4.86. The second-order valence-corrected chi connectivity index (χ2v) is 5.21. The van der Waals surface area contributed by atoms with Crippen LogP contribution in [0.15, 0.2) is 41.3 Å². The first-order valence-corrected chi connectivity index (χ1v) is 7.98. The fourth-order valence-corrected chi connectivity index (χ4v) is 2.30. The molecule has 0 amide bonds. The van der Waals surface area contributed by atoms with Gasteiger partial charge in [0.1, 0.15) is 5.82 Å². The molecule has 8 heteroatoms. The molecule has 2 N–H and O–H groups in total. The van der Waals surface area contributed by atoms with Crippen molar-refractivity contribution in [2.45, 2.75) is 20.4 Å². The van der Waals surface area contributed by atoms with Crippen molar-refractivity contribution in [3.05, 3.63) is 46.8 Å². The Morgan fingerprint density at radius 2 is 2.22 bits per heavy atom. The van der Waals surface area contributed by atoms with Gasteiger partial charge in [-0.15, -0.1) is 0 Å². The van der Waals surface area contributed by atoms with Gasteiger partial charge in [-0.1, -0.05) is 13.8 Å². The van der Waals surface area contributed by atoms with Crippen LogP contribution >= 0.6 is 15.9 Å². The highest BCUT2D eigenvalue weighted by atomic mass is 79.9. The number of nitrogens with one attached hydrogen (secondary N) is 1. The van der Waals surface area contributed by atoms with E-state index in [4.69, 9.17) is 4.74 Å². The molecule has 23 heavy (non-hydrogen) atoms. The maximum Gasteiger partial charge on any atom is 0.227 e. The smallest absolute Gasteiger partial charge is 0.227 e. The van der Waals surface area contributed by atoms with E-state index in [1.165, 1.54) is 0 Å². The first-order valence-electron chi connectivity index (χ1n) is 7.19. The Balaban J connectivity index is 0.000000924. The quantitative estimate of drug-likeness (QED) is 0.537. The van der Waals surface area contributed by atoms with Crippen molar-refractivity contribution >= 4 is 27.4 Å². The molecule has 0 aliphatic heterocycles. The van der Waals surface area contributed by atoms with Crippen molar-refractivity contribution in [1.82, 2.24) is 14.6 Å². The SMILES string of the molecule is CC.COc1cc(NCc2ccc[n+](O)c2)n2ncc(Br)c2n1. The predicted octanol–water partition coefficient (Wildman–Crippen LogP) is 2.66. The number of pyridine rings is 1. The van der Waals surface area contributed by atoms with E-state index in [1.54, 1.807) is 42.3 Å². The van der Waals surface area contributed by atoms with Crippen molar-refractivity contribution in [2.75, 3.05) is 12.4 Å². The molecular formula is C15H19BrN5O2+. The molecule has 0 radical (unpaired) electrons. The van der Waals surface area contributed by atoms with Gasteiger partial charge in [-0.25, -0.2) is 0 Å². The molecule has 0 unspecified atom stereocenters. The summed E-state index contributed by atoms with van der Waals surface area (Å²) in [6.45, 7) is 4.53. The van der Waals surface area contributed by atoms with E-state index in [0.29, 0.717) is 18.1 Å². The van der Waals surface area contributed by atoms with Crippen LogP contribution in [-0.2, 0) is 6.54 Å². The Labute approximate surface area is 142 Å². The Morgan fingerprint density at radius 1 is 1.43 bits per heavy atom. The highest BCUT2D eigenvalue weighted by molar-refractivity contribution is 9.10. The summed E-state index contributed by atoms with van der Waals surface area (Å²) in [5.41, 5.74) is 1.59. The molecule has 0 bridgehead atoms. The Morgan fingerprint density at radius 3 is 2.91 bits per heavy atom. The van der Waals surface area contributed by atoms with E-state index in [1.807, 2.05) is 19.9 Å². The van der Waals surface area contributed by atoms with Crippen molar-refractivity contribution in [1.29, 1.82) is 0 Å². The van der Waals surface area contributed by atoms with E-state index < -0.39 is 0 Å². The Bertz CT molecular complexity index is 791. The predicted molar refractivity (Wildman–Crippen MR) is 89.7 cm³/mol. The van der Waals surface area contributed by atoms with Crippen LogP contribution in [0.4, 0.5) is 5.82 Å². The van der Waals surface area contributed by atoms with Crippen LogP contribution in [-0.4, -0.2) is 26.9 Å². The van der Waals surface area contributed by atoms with Gasteiger partial charge < -0.3 is 10.1 Å². The maximum absolute atomic E-state index is 9.40. The van der Waals surface area contributed by atoms with Gasteiger partial charge in [-0.2, -0.15) is 14.6 Å². The van der Waals surface area contributed by atoms with Crippen LogP contribution in [0.1, 0.15) is 19.4 Å². The molecule has 0 spiro atoms. The van der Waals surface area contributed by atoms with Crippen LogP contribution < -0.4 is 14.8 Å². The molecule has 0 aliphatic carbocycles. The van der Waals surface area contributed by atoms with Crippen LogP contribution in [0.5, 0.6) is 5.88 Å². The van der Waals surface area contributed by atoms with Crippen molar-refractivity contribution in [3.63, 3.8) is 0 Å². The van der Waals surface area contributed by atoms with Crippen molar-refractivity contribution in [2.24, 2.45) is 0 Å². The summed E-state index contributed by atoms with van der Waals surface area (Å²) in [4.78, 5) is 4.33. The van der Waals surface area contributed by atoms with Gasteiger partial charge in [0.25, 0.3) is 0 Å². The third-order valence-corrected chi connectivity index (χ3v) is 3.49. The number of ether oxygens (including phenoxy) is 1. The zero-order valence-electron chi connectivity index (χ0n) is 13.2. The molecule has 0 atom stereocenters. The monoisotopic (exact) mass is 380 g/mol. The number of aromatic nitrogens is 4. The maximum atomic E-state index is 9.40. The summed E-state index contributed by atoms with van der Waals surface area (Å²) in [5.74, 6) is 1.24. The standard InChI is InChI=1S/C13H13BrN5O2.C2H6/c1-21-12-5-11(19-13(17-12)10(14)7-16-19)15-6-9-3-2-4-18(20)8-9;1-2/h2-5,7-8,15,20H,6H2,1H3;1-2H3/q+1;. The lowest BCUT2D eigenvalue weighted by Gasteiger charge is -2.09. The van der Waals surface area contributed by atoms with Crippen LogP contribution in [0.2, 0.25) is 0 Å². The lowest BCUT2D eigenvalue weighted by molar-refractivity contribution is -0.905. The highest BCUT2D eigenvalue weighted by Crippen LogP contribution is 2.23. The number of hydrogen-bond donors (Lipinski definition) is 2. The summed E-state index contributed by atoms with van der Waals surface area (Å²) in [6, 6.07) is 5.45. The van der Waals surface area contributed by atoms with E-state index in [0.717, 1.165) is 20.6 Å². The van der Waals surface area contributed by atoms with Crippen LogP contribution in [0, 0.1) is 0 Å². The lowest BCUT2D eigenvalue weighted by atomic mass is 10.3. The fourth-order valence-electron chi connectivity index (χ4n) is 1.95. The molecular weight excluding hydrogens is 362 g/mol. The number of rotatable bonds is 4. The van der Waals surface area contributed by atoms with Gasteiger partial charge >= 0.3 is 0 Å². The number of methoxy groups -OCH3 is 1. The van der Waals surface area contributed by atoms with Gasteiger partial charge in [-0.3, -0.25) is 5.21 Å². The first-order chi connectivity index (χ1) is 11.2. The van der Waals surface area contributed by atoms with Gasteiger partial charge in [0.05, 0.1) is 17.8 Å². The molecule has 0 aromatic carbocycles. The molecule has 0 fully saturated rings. The molecule has 3 rings (SSSR count). The summed E-state index contributed by atoms with van der Waals surface area (Å²) >= 11 is 3.40. The molecule has 0 saturated heterocycles. The summed E-state index contributed by atoms with van der Waals surface area (Å²) in [7, 11) is 1.57.